The second kappa shape index (κ2) is 5.29. The zero-order chi connectivity index (χ0) is 11.4. The van der Waals surface area contributed by atoms with Gasteiger partial charge in [0, 0.05) is 16.3 Å². The molecular formula is C10H12FIN2O. The van der Waals surface area contributed by atoms with Crippen LogP contribution < -0.4 is 10.6 Å². The normalized spacial score (nSPS) is 12.0. The topological polar surface area (TPSA) is 41.1 Å². The number of carbonyl (C=O) groups is 1. The van der Waals surface area contributed by atoms with Gasteiger partial charge >= 0.3 is 0 Å². The van der Waals surface area contributed by atoms with E-state index in [0.29, 0.717) is 0 Å². The first-order chi connectivity index (χ1) is 7.04. The van der Waals surface area contributed by atoms with Gasteiger partial charge in [-0.2, -0.15) is 0 Å². The van der Waals surface area contributed by atoms with Crippen LogP contribution >= 0.6 is 22.6 Å². The standard InChI is InChI=1S/C10H12FIN2O/c1-6(10(15)13-2)14-9-4-3-7(11)5-8(9)12/h3-6,14H,1-2H3,(H,13,15). The summed E-state index contributed by atoms with van der Waals surface area (Å²) < 4.78 is 13.6. The Bertz CT molecular complexity index is 370. The molecule has 0 radical (unpaired) electrons. The fourth-order valence-electron chi connectivity index (χ4n) is 1.12. The first kappa shape index (κ1) is 12.2. The number of anilines is 1. The Morgan fingerprint density at radius 2 is 2.20 bits per heavy atom. The van der Waals surface area contributed by atoms with Crippen molar-refractivity contribution in [3.63, 3.8) is 0 Å². The Hall–Kier alpha value is -0.850. The molecule has 0 aromatic heterocycles. The molecule has 1 unspecified atom stereocenters. The van der Waals surface area contributed by atoms with Gasteiger partial charge in [0.25, 0.3) is 0 Å². The predicted octanol–water partition coefficient (Wildman–Crippen LogP) is 1.98. The molecule has 0 aliphatic heterocycles. The van der Waals surface area contributed by atoms with E-state index in [4.69, 9.17) is 0 Å². The van der Waals surface area contributed by atoms with E-state index in [2.05, 4.69) is 10.6 Å². The van der Waals surface area contributed by atoms with Crippen molar-refractivity contribution >= 4 is 34.2 Å². The van der Waals surface area contributed by atoms with Gasteiger partial charge in [0.15, 0.2) is 0 Å². The zero-order valence-electron chi connectivity index (χ0n) is 8.47. The summed E-state index contributed by atoms with van der Waals surface area (Å²) in [7, 11) is 1.58. The molecule has 0 aliphatic carbocycles. The summed E-state index contributed by atoms with van der Waals surface area (Å²) in [5.74, 6) is -0.382. The van der Waals surface area contributed by atoms with Crippen LogP contribution in [0.3, 0.4) is 0 Å². The average Bonchev–Trinajstić information content (AvgIpc) is 2.20. The van der Waals surface area contributed by atoms with Gasteiger partial charge in [-0.1, -0.05) is 0 Å². The number of halogens is 2. The van der Waals surface area contributed by atoms with Crippen molar-refractivity contribution in [2.75, 3.05) is 12.4 Å². The monoisotopic (exact) mass is 322 g/mol. The summed E-state index contributed by atoms with van der Waals surface area (Å²) >= 11 is 2.02. The molecule has 15 heavy (non-hydrogen) atoms. The maximum atomic E-state index is 12.8. The lowest BCUT2D eigenvalue weighted by molar-refractivity contribution is -0.121. The Morgan fingerprint density at radius 3 is 2.73 bits per heavy atom. The van der Waals surface area contributed by atoms with Crippen molar-refractivity contribution in [3.05, 3.63) is 27.6 Å². The third-order valence-corrected chi connectivity index (χ3v) is 2.84. The van der Waals surface area contributed by atoms with Gasteiger partial charge < -0.3 is 10.6 Å². The molecule has 0 saturated carbocycles. The van der Waals surface area contributed by atoms with E-state index in [1.807, 2.05) is 22.6 Å². The Morgan fingerprint density at radius 1 is 1.53 bits per heavy atom. The lowest BCUT2D eigenvalue weighted by Gasteiger charge is -2.14. The number of benzene rings is 1. The molecule has 1 aromatic carbocycles. The van der Waals surface area contributed by atoms with Crippen LogP contribution in [-0.4, -0.2) is 19.0 Å². The minimum absolute atomic E-state index is 0.102. The number of nitrogens with one attached hydrogen (secondary N) is 2. The fraction of sp³-hybridized carbons (Fsp3) is 0.300. The van der Waals surface area contributed by atoms with E-state index in [9.17, 15) is 9.18 Å². The van der Waals surface area contributed by atoms with Crippen LogP contribution in [0.5, 0.6) is 0 Å². The van der Waals surface area contributed by atoms with E-state index in [-0.39, 0.29) is 17.8 Å². The first-order valence-corrected chi connectivity index (χ1v) is 5.55. The minimum atomic E-state index is -0.339. The van der Waals surface area contributed by atoms with Crippen molar-refractivity contribution in [2.45, 2.75) is 13.0 Å². The molecule has 0 bridgehead atoms. The Labute approximate surface area is 102 Å². The summed E-state index contributed by atoms with van der Waals surface area (Å²) in [6, 6.07) is 4.06. The molecule has 1 aromatic rings. The largest absolute Gasteiger partial charge is 0.373 e. The van der Waals surface area contributed by atoms with E-state index < -0.39 is 0 Å². The second-order valence-corrected chi connectivity index (χ2v) is 4.27. The highest BCUT2D eigenvalue weighted by Crippen LogP contribution is 2.19. The molecule has 0 spiro atoms. The van der Waals surface area contributed by atoms with E-state index in [0.717, 1.165) is 9.26 Å². The third kappa shape index (κ3) is 3.33. The molecule has 0 saturated heterocycles. The average molecular weight is 322 g/mol. The maximum Gasteiger partial charge on any atom is 0.241 e. The minimum Gasteiger partial charge on any atom is -0.373 e. The second-order valence-electron chi connectivity index (χ2n) is 3.10. The number of hydrogen-bond acceptors (Lipinski definition) is 2. The lowest BCUT2D eigenvalue weighted by atomic mass is 10.2. The van der Waals surface area contributed by atoms with Crippen molar-refractivity contribution in [1.82, 2.24) is 5.32 Å². The third-order valence-electron chi connectivity index (χ3n) is 1.94. The summed E-state index contributed by atoms with van der Waals surface area (Å²) in [5, 5.41) is 5.54. The fourth-order valence-corrected chi connectivity index (χ4v) is 1.75. The summed E-state index contributed by atoms with van der Waals surface area (Å²) in [6.45, 7) is 1.75. The van der Waals surface area contributed by atoms with Crippen LogP contribution in [0.15, 0.2) is 18.2 Å². The Balaban J connectivity index is 2.76. The number of carbonyl (C=O) groups excluding carboxylic acids is 1. The van der Waals surface area contributed by atoms with Crippen molar-refractivity contribution < 1.29 is 9.18 Å². The van der Waals surface area contributed by atoms with E-state index in [1.54, 1.807) is 20.0 Å². The van der Waals surface area contributed by atoms with Crippen molar-refractivity contribution in [2.24, 2.45) is 0 Å². The molecule has 1 atom stereocenters. The van der Waals surface area contributed by atoms with Gasteiger partial charge in [0.2, 0.25) is 5.91 Å². The quantitative estimate of drug-likeness (QED) is 0.836. The van der Waals surface area contributed by atoms with Gasteiger partial charge in [0.05, 0.1) is 0 Å². The highest BCUT2D eigenvalue weighted by atomic mass is 127. The molecular weight excluding hydrogens is 310 g/mol. The molecule has 1 amide bonds. The van der Waals surface area contributed by atoms with Crippen LogP contribution in [0.25, 0.3) is 0 Å². The number of likely N-dealkylation sites (N-methyl/N-ethyl adjacent to an activating group) is 1. The van der Waals surface area contributed by atoms with E-state index in [1.165, 1.54) is 12.1 Å². The number of hydrogen-bond donors (Lipinski definition) is 2. The molecule has 3 nitrogen and oxygen atoms in total. The predicted molar refractivity (Wildman–Crippen MR) is 66.3 cm³/mol. The smallest absolute Gasteiger partial charge is 0.241 e. The molecule has 5 heteroatoms. The Kier molecular flexibility index (Phi) is 4.31. The van der Waals surface area contributed by atoms with Gasteiger partial charge in [-0.25, -0.2) is 4.39 Å². The number of amides is 1. The van der Waals surface area contributed by atoms with Gasteiger partial charge in [-0.15, -0.1) is 0 Å². The van der Waals surface area contributed by atoms with Crippen LogP contribution in [0, 0.1) is 9.39 Å². The summed E-state index contributed by atoms with van der Waals surface area (Å²) in [4.78, 5) is 11.2. The van der Waals surface area contributed by atoms with Gasteiger partial charge in [-0.3, -0.25) is 4.79 Å². The SMILES string of the molecule is CNC(=O)C(C)Nc1ccc(F)cc1I. The van der Waals surface area contributed by atoms with Crippen molar-refractivity contribution in [1.29, 1.82) is 0 Å². The molecule has 82 valence electrons. The van der Waals surface area contributed by atoms with Crippen LogP contribution in [0.4, 0.5) is 10.1 Å². The molecule has 1 rings (SSSR count). The molecule has 0 fully saturated rings. The zero-order valence-corrected chi connectivity index (χ0v) is 10.6. The van der Waals surface area contributed by atoms with Gasteiger partial charge in [-0.05, 0) is 47.7 Å². The molecule has 0 aliphatic rings. The van der Waals surface area contributed by atoms with Crippen molar-refractivity contribution in [3.8, 4) is 0 Å². The van der Waals surface area contributed by atoms with E-state index >= 15 is 0 Å². The number of rotatable bonds is 3. The van der Waals surface area contributed by atoms with Crippen LogP contribution in [0.1, 0.15) is 6.92 Å². The van der Waals surface area contributed by atoms with Gasteiger partial charge in [0.1, 0.15) is 11.9 Å². The lowest BCUT2D eigenvalue weighted by Crippen LogP contribution is -2.35. The van der Waals surface area contributed by atoms with Crippen LogP contribution in [-0.2, 0) is 4.79 Å². The molecule has 2 N–H and O–H groups in total. The first-order valence-electron chi connectivity index (χ1n) is 4.47. The summed E-state index contributed by atoms with van der Waals surface area (Å²) in [6.07, 6.45) is 0. The summed E-state index contributed by atoms with van der Waals surface area (Å²) in [5.41, 5.74) is 0.758. The maximum absolute atomic E-state index is 12.8. The highest BCUT2D eigenvalue weighted by molar-refractivity contribution is 14.1. The van der Waals surface area contributed by atoms with Crippen LogP contribution in [0.2, 0.25) is 0 Å². The molecule has 0 heterocycles. The highest BCUT2D eigenvalue weighted by Gasteiger charge is 2.11.